The molecule has 0 aromatic carbocycles. The lowest BCUT2D eigenvalue weighted by atomic mass is 10.1. The summed E-state index contributed by atoms with van der Waals surface area (Å²) in [5.74, 6) is -0.0584. The third-order valence-electron chi connectivity index (χ3n) is 5.56. The maximum absolute atomic E-state index is 12.8. The molecule has 8 nitrogen and oxygen atoms in total. The molecule has 0 saturated carbocycles. The van der Waals surface area contributed by atoms with Gasteiger partial charge in [-0.15, -0.1) is 13.2 Å². The van der Waals surface area contributed by atoms with Crippen molar-refractivity contribution in [3.05, 3.63) is 25.3 Å². The zero-order valence-electron chi connectivity index (χ0n) is 15.6. The normalized spacial score (nSPS) is 29.7. The van der Waals surface area contributed by atoms with E-state index in [0.29, 0.717) is 50.7 Å². The Bertz CT molecular complexity index is 620. The number of carbonyl (C=O) groups is 1. The number of aliphatic hydroxyl groups excluding tert-OH is 2. The van der Waals surface area contributed by atoms with E-state index >= 15 is 0 Å². The second-order valence-corrected chi connectivity index (χ2v) is 7.28. The van der Waals surface area contributed by atoms with Crippen molar-refractivity contribution in [1.82, 2.24) is 0 Å². The summed E-state index contributed by atoms with van der Waals surface area (Å²) >= 11 is 7.11. The fourth-order valence-corrected chi connectivity index (χ4v) is 4.99. The summed E-state index contributed by atoms with van der Waals surface area (Å²) in [5.41, 5.74) is 0. The van der Waals surface area contributed by atoms with Crippen LogP contribution in [0.2, 0.25) is 0 Å². The molecule has 0 spiro atoms. The van der Waals surface area contributed by atoms with E-state index in [1.807, 2.05) is 0 Å². The first-order valence-electron chi connectivity index (χ1n) is 9.08. The molecule has 150 valence electrons. The van der Waals surface area contributed by atoms with Crippen LogP contribution in [0.5, 0.6) is 0 Å². The van der Waals surface area contributed by atoms with Crippen molar-refractivity contribution in [2.45, 2.75) is 18.0 Å². The third-order valence-corrected chi connectivity index (χ3v) is 6.37. The number of aliphatic carboxylic acids is 1. The fraction of sp³-hybridized carbons (Fsp3) is 0.611. The average molecular weight is 401 g/mol. The van der Waals surface area contributed by atoms with Crippen molar-refractivity contribution in [3.63, 3.8) is 0 Å². The molecule has 0 amide bonds. The predicted octanol–water partition coefficient (Wildman–Crippen LogP) is 0.558. The van der Waals surface area contributed by atoms with Gasteiger partial charge in [-0.1, -0.05) is 12.2 Å². The zero-order valence-corrected chi connectivity index (χ0v) is 16.3. The number of aliphatic imine (C=N–C) groups is 2. The lowest BCUT2D eigenvalue weighted by molar-refractivity contribution is -1.06. The highest BCUT2D eigenvalue weighted by molar-refractivity contribution is 6.32. The van der Waals surface area contributed by atoms with Crippen LogP contribution < -0.4 is 0 Å². The lowest BCUT2D eigenvalue weighted by Gasteiger charge is -2.52. The Morgan fingerprint density at radius 3 is 1.74 bits per heavy atom. The van der Waals surface area contributed by atoms with E-state index in [1.54, 1.807) is 12.2 Å². The van der Waals surface area contributed by atoms with Gasteiger partial charge >= 0.3 is 11.1 Å². The van der Waals surface area contributed by atoms with Gasteiger partial charge in [0.1, 0.15) is 26.2 Å². The second-order valence-electron chi connectivity index (χ2n) is 6.75. The maximum atomic E-state index is 12.8. The van der Waals surface area contributed by atoms with Crippen LogP contribution in [0.1, 0.15) is 12.8 Å². The summed E-state index contributed by atoms with van der Waals surface area (Å²) in [6.45, 7) is 8.75. The third kappa shape index (κ3) is 3.15. The quantitative estimate of drug-likeness (QED) is 0.204. The standard InChI is InChI=1S/C18H28ClN4O4/c1-3-5-15-20-7-9-22(15,11-13-24)18(19,17(26)27)23(12-14-25)10-8-21-16(23)6-4-2/h3-4,24-25H,1-2,5-14H2/q+1/p+1. The number of carboxylic acids is 1. The van der Waals surface area contributed by atoms with Gasteiger partial charge in [-0.3, -0.25) is 0 Å². The first kappa shape index (κ1) is 21.7. The van der Waals surface area contributed by atoms with Crippen LogP contribution in [-0.4, -0.2) is 99.5 Å². The fourth-order valence-electron chi connectivity index (χ4n) is 4.46. The van der Waals surface area contributed by atoms with Gasteiger partial charge < -0.3 is 15.3 Å². The molecule has 0 aliphatic carbocycles. The minimum absolute atomic E-state index is 0.106. The topological polar surface area (TPSA) is 102 Å². The van der Waals surface area contributed by atoms with Gasteiger partial charge in [-0.25, -0.2) is 14.8 Å². The van der Waals surface area contributed by atoms with Crippen LogP contribution in [0.25, 0.3) is 0 Å². The number of aliphatic hydroxyl groups is 2. The van der Waals surface area contributed by atoms with Crippen LogP contribution in [-0.2, 0) is 4.79 Å². The Balaban J connectivity index is 2.75. The van der Waals surface area contributed by atoms with Gasteiger partial charge in [0, 0.05) is 11.6 Å². The summed E-state index contributed by atoms with van der Waals surface area (Å²) in [7, 11) is 0. The molecule has 2 rings (SSSR count). The van der Waals surface area contributed by atoms with Crippen LogP contribution in [0.3, 0.4) is 0 Å². The van der Waals surface area contributed by atoms with Crippen molar-refractivity contribution < 1.29 is 29.1 Å². The molecule has 0 aromatic rings. The highest BCUT2D eigenvalue weighted by Gasteiger charge is 2.74. The van der Waals surface area contributed by atoms with Gasteiger partial charge in [0.05, 0.1) is 39.1 Å². The van der Waals surface area contributed by atoms with E-state index in [-0.39, 0.29) is 35.3 Å². The second kappa shape index (κ2) is 8.62. The predicted molar refractivity (Wildman–Crippen MR) is 105 cm³/mol. The summed E-state index contributed by atoms with van der Waals surface area (Å²) in [5, 5.41) is 28.1. The van der Waals surface area contributed by atoms with Crippen molar-refractivity contribution in [2.24, 2.45) is 9.98 Å². The number of quaternary nitrogens is 2. The van der Waals surface area contributed by atoms with Gasteiger partial charge in [0.25, 0.3) is 0 Å². The minimum atomic E-state index is -1.91. The molecule has 0 bridgehead atoms. The summed E-state index contributed by atoms with van der Waals surface area (Å²) in [6.07, 6.45) is 4.06. The molecule has 0 radical (unpaired) electrons. The number of hydrogen-bond donors (Lipinski definition) is 3. The SMILES string of the molecule is C=CCC1=NCC[N+]1(CCO)C(Cl)(C(=O)O)[N+]1(CCO)CCN=C1CC=C. The Hall–Kier alpha value is -1.58. The van der Waals surface area contributed by atoms with Crippen LogP contribution in [0.15, 0.2) is 35.3 Å². The van der Waals surface area contributed by atoms with Gasteiger partial charge in [-0.05, 0) is 0 Å². The van der Waals surface area contributed by atoms with E-state index in [0.717, 1.165) is 0 Å². The zero-order chi connectivity index (χ0) is 20.1. The Morgan fingerprint density at radius 1 is 1.04 bits per heavy atom. The number of hydrogen-bond acceptors (Lipinski definition) is 5. The smallest absolute Gasteiger partial charge is 0.446 e. The van der Waals surface area contributed by atoms with E-state index in [2.05, 4.69) is 23.1 Å². The van der Waals surface area contributed by atoms with E-state index in [9.17, 15) is 20.1 Å². The summed E-state index contributed by atoms with van der Waals surface area (Å²) in [6, 6.07) is 0. The molecule has 0 saturated heterocycles. The Morgan fingerprint density at radius 2 is 1.44 bits per heavy atom. The number of alkyl halides is 1. The van der Waals surface area contributed by atoms with Gasteiger partial charge in [0.2, 0.25) is 11.7 Å². The van der Waals surface area contributed by atoms with Crippen LogP contribution in [0.4, 0.5) is 0 Å². The highest BCUT2D eigenvalue weighted by Crippen LogP contribution is 2.45. The minimum Gasteiger partial charge on any atom is -0.471 e. The van der Waals surface area contributed by atoms with Crippen molar-refractivity contribution in [1.29, 1.82) is 0 Å². The molecule has 3 N–H and O–H groups in total. The number of nitrogens with zero attached hydrogens (tertiary/aromatic N) is 4. The monoisotopic (exact) mass is 400 g/mol. The molecule has 2 heterocycles. The highest BCUT2D eigenvalue weighted by atomic mass is 35.5. The summed E-state index contributed by atoms with van der Waals surface area (Å²) in [4.78, 5) is 21.8. The molecule has 2 atom stereocenters. The molecule has 2 unspecified atom stereocenters. The number of rotatable bonds is 11. The van der Waals surface area contributed by atoms with Crippen LogP contribution >= 0.6 is 11.6 Å². The largest absolute Gasteiger partial charge is 0.471 e. The Labute approximate surface area is 164 Å². The molecule has 2 aliphatic heterocycles. The molecular formula is C18H29ClN4O4+2. The van der Waals surface area contributed by atoms with Crippen molar-refractivity contribution in [2.75, 3.05) is 52.5 Å². The Kier molecular flexibility index (Phi) is 6.93. The molecule has 2 aliphatic rings. The number of carboxylic acid groups (broad SMARTS) is 1. The van der Waals surface area contributed by atoms with E-state index < -0.39 is 11.1 Å². The van der Waals surface area contributed by atoms with Crippen molar-refractivity contribution >= 4 is 29.2 Å². The molecular weight excluding hydrogens is 372 g/mol. The summed E-state index contributed by atoms with van der Waals surface area (Å²) < 4.78 is -0.384. The van der Waals surface area contributed by atoms with Crippen molar-refractivity contribution in [3.8, 4) is 0 Å². The average Bonchev–Trinajstić information content (AvgIpc) is 3.22. The molecule has 0 fully saturated rings. The first-order valence-corrected chi connectivity index (χ1v) is 9.46. The number of amidine groups is 2. The van der Waals surface area contributed by atoms with E-state index in [1.165, 1.54) is 0 Å². The van der Waals surface area contributed by atoms with Gasteiger partial charge in [0.15, 0.2) is 0 Å². The van der Waals surface area contributed by atoms with E-state index in [4.69, 9.17) is 11.6 Å². The molecule has 0 aromatic heterocycles. The molecule has 9 heteroatoms. The first-order chi connectivity index (χ1) is 12.9. The lowest BCUT2D eigenvalue weighted by Crippen LogP contribution is -2.82. The van der Waals surface area contributed by atoms with Crippen LogP contribution in [0, 0.1) is 0 Å². The van der Waals surface area contributed by atoms with Gasteiger partial charge in [-0.2, -0.15) is 8.97 Å². The molecule has 27 heavy (non-hydrogen) atoms. The maximum Gasteiger partial charge on any atom is 0.446 e. The number of halogens is 1.